The van der Waals surface area contributed by atoms with Gasteiger partial charge in [0.15, 0.2) is 11.6 Å². The van der Waals surface area contributed by atoms with Crippen LogP contribution in [0.4, 0.5) is 8.78 Å². The van der Waals surface area contributed by atoms with Crippen LogP contribution in [0.25, 0.3) is 11.9 Å². The van der Waals surface area contributed by atoms with E-state index in [9.17, 15) is 18.7 Å². The maximum atomic E-state index is 13.8. The van der Waals surface area contributed by atoms with E-state index in [1.165, 1.54) is 16.8 Å². The van der Waals surface area contributed by atoms with Crippen LogP contribution in [0.5, 0.6) is 5.75 Å². The van der Waals surface area contributed by atoms with Gasteiger partial charge < -0.3 is 9.84 Å². The Hall–Kier alpha value is -3.76. The van der Waals surface area contributed by atoms with Gasteiger partial charge in [0.2, 0.25) is 0 Å². The Balaban J connectivity index is 1.49. The van der Waals surface area contributed by atoms with Gasteiger partial charge in [-0.25, -0.2) is 18.7 Å². The van der Waals surface area contributed by atoms with E-state index in [4.69, 9.17) is 16.3 Å². The normalized spacial score (nSPS) is 15.0. The van der Waals surface area contributed by atoms with Crippen molar-refractivity contribution in [3.63, 3.8) is 0 Å². The summed E-state index contributed by atoms with van der Waals surface area (Å²) in [5.41, 5.74) is 0.298. The minimum Gasteiger partial charge on any atom is -0.485 e. The van der Waals surface area contributed by atoms with E-state index in [0.29, 0.717) is 47.4 Å². The number of ether oxygens (including phenoxy) is 1. The first-order valence-electron chi connectivity index (χ1n) is 11.4. The molecule has 0 bridgehead atoms. The molecule has 1 aliphatic carbocycles. The Labute approximate surface area is 216 Å². The molecular weight excluding hydrogens is 504 g/mol. The van der Waals surface area contributed by atoms with Crippen LogP contribution in [-0.4, -0.2) is 30.8 Å². The van der Waals surface area contributed by atoms with Crippen molar-refractivity contribution in [3.05, 3.63) is 92.7 Å². The van der Waals surface area contributed by atoms with E-state index in [-0.39, 0.29) is 23.1 Å². The van der Waals surface area contributed by atoms with Crippen molar-refractivity contribution in [1.82, 2.24) is 19.5 Å². The molecule has 0 saturated heterocycles. The second-order valence-electron chi connectivity index (χ2n) is 8.74. The maximum absolute atomic E-state index is 13.8. The van der Waals surface area contributed by atoms with Crippen LogP contribution >= 0.6 is 11.6 Å². The molecule has 0 unspecified atom stereocenters. The topological polar surface area (TPSA) is 102 Å². The van der Waals surface area contributed by atoms with Gasteiger partial charge in [-0.1, -0.05) is 18.2 Å². The van der Waals surface area contributed by atoms with Gasteiger partial charge >= 0.3 is 0 Å². The van der Waals surface area contributed by atoms with E-state index in [1.54, 1.807) is 32.3 Å². The molecule has 37 heavy (non-hydrogen) atoms. The second kappa shape index (κ2) is 10.7. The Morgan fingerprint density at radius 2 is 2.11 bits per heavy atom. The average molecular weight is 528 g/mol. The van der Waals surface area contributed by atoms with Gasteiger partial charge in [0.1, 0.15) is 34.5 Å². The molecule has 3 aromatic heterocycles. The molecule has 3 aromatic rings. The first-order valence-corrected chi connectivity index (χ1v) is 11.8. The van der Waals surface area contributed by atoms with Crippen LogP contribution in [0.3, 0.4) is 0 Å². The maximum Gasteiger partial charge on any atom is 0.277 e. The average Bonchev–Trinajstić information content (AvgIpc) is 2.86. The third-order valence-corrected chi connectivity index (χ3v) is 6.24. The number of rotatable bonds is 8. The lowest BCUT2D eigenvalue weighted by molar-refractivity contribution is -0.0468. The quantitative estimate of drug-likeness (QED) is 0.421. The molecule has 1 saturated carbocycles. The molecule has 0 amide bonds. The van der Waals surface area contributed by atoms with Gasteiger partial charge in [0.25, 0.3) is 5.56 Å². The van der Waals surface area contributed by atoms with Crippen molar-refractivity contribution >= 4 is 29.7 Å². The summed E-state index contributed by atoms with van der Waals surface area (Å²) in [5, 5.41) is 10.3. The summed E-state index contributed by atoms with van der Waals surface area (Å²) in [6.07, 6.45) is 7.67. The lowest BCUT2D eigenvalue weighted by Crippen LogP contribution is -2.35. The van der Waals surface area contributed by atoms with E-state index in [0.717, 1.165) is 12.6 Å². The molecule has 4 rings (SSSR count). The van der Waals surface area contributed by atoms with Crippen LogP contribution in [0, 0.1) is 18.6 Å². The van der Waals surface area contributed by atoms with Crippen molar-refractivity contribution < 1.29 is 18.6 Å². The molecule has 1 fully saturated rings. The lowest BCUT2D eigenvalue weighted by Gasteiger charge is -2.34. The lowest BCUT2D eigenvalue weighted by atomic mass is 9.79. The van der Waals surface area contributed by atoms with Gasteiger partial charge in [-0.3, -0.25) is 19.3 Å². The predicted molar refractivity (Wildman–Crippen MR) is 136 cm³/mol. The number of aryl methyl sites for hydroxylation is 1. The Morgan fingerprint density at radius 1 is 1.35 bits per heavy atom. The van der Waals surface area contributed by atoms with Crippen LogP contribution in [-0.2, 0) is 12.2 Å². The molecule has 8 nitrogen and oxygen atoms in total. The molecule has 0 atom stereocenters. The fraction of sp³-hybridized carbons (Fsp3) is 0.269. The van der Waals surface area contributed by atoms with Crippen LogP contribution in [0.1, 0.15) is 49.1 Å². The molecule has 11 heteroatoms. The number of hydrogen-bond acceptors (Lipinski definition) is 7. The van der Waals surface area contributed by atoms with Crippen LogP contribution < -0.4 is 10.3 Å². The summed E-state index contributed by atoms with van der Waals surface area (Å²) in [5.74, 6) is -1.26. The number of pyridine rings is 2. The SMILES string of the molecule is C=C(N=C/C(C)=C/n1c(C)cc(OCc2ncc(F)cc2F)c(Cl)c1=O)c1ccnc(C2(O)CCC2)n1. The van der Waals surface area contributed by atoms with Crippen LogP contribution in [0.15, 0.2) is 52.5 Å². The fourth-order valence-electron chi connectivity index (χ4n) is 3.62. The molecular formula is C26H24ClF2N5O3. The second-order valence-corrected chi connectivity index (χ2v) is 9.12. The predicted octanol–water partition coefficient (Wildman–Crippen LogP) is 4.83. The molecule has 192 valence electrons. The first-order chi connectivity index (χ1) is 17.6. The number of nitrogens with zero attached hydrogens (tertiary/aromatic N) is 5. The van der Waals surface area contributed by atoms with E-state index in [1.807, 2.05) is 0 Å². The van der Waals surface area contributed by atoms with Crippen molar-refractivity contribution in [2.45, 2.75) is 45.3 Å². The van der Waals surface area contributed by atoms with E-state index >= 15 is 0 Å². The highest BCUT2D eigenvalue weighted by atomic mass is 35.5. The third kappa shape index (κ3) is 5.81. The van der Waals surface area contributed by atoms with Crippen molar-refractivity contribution in [2.75, 3.05) is 0 Å². The molecule has 0 aliphatic heterocycles. The molecule has 0 aromatic carbocycles. The minimum atomic E-state index is -0.993. The fourth-order valence-corrected chi connectivity index (χ4v) is 3.82. The standard InChI is InChI=1S/C26H24ClF2N5O3/c1-15(11-31-17(3)20-5-8-30-25(33-20)26(36)6-4-7-26)13-34-16(2)9-22(23(27)24(34)35)37-14-21-19(29)10-18(28)12-32-21/h5,8-13,36H,3-4,6-7,14H2,1-2H3/b15-13+,31-11?. The van der Waals surface area contributed by atoms with Crippen molar-refractivity contribution in [2.24, 2.45) is 4.99 Å². The van der Waals surface area contributed by atoms with Gasteiger partial charge in [-0.05, 0) is 44.7 Å². The largest absolute Gasteiger partial charge is 0.485 e. The molecule has 0 spiro atoms. The Kier molecular flexibility index (Phi) is 7.60. The summed E-state index contributed by atoms with van der Waals surface area (Å²) in [7, 11) is 0. The number of aliphatic hydroxyl groups is 1. The monoisotopic (exact) mass is 527 g/mol. The summed E-state index contributed by atoms with van der Waals surface area (Å²) in [4.78, 5) is 29.4. The number of aliphatic imine (C=N–C) groups is 1. The number of halogens is 3. The number of aromatic nitrogens is 4. The summed E-state index contributed by atoms with van der Waals surface area (Å²) in [6, 6.07) is 3.88. The van der Waals surface area contributed by atoms with E-state index < -0.39 is 22.8 Å². The zero-order chi connectivity index (χ0) is 26.7. The zero-order valence-electron chi connectivity index (χ0n) is 20.2. The van der Waals surface area contributed by atoms with E-state index in [2.05, 4.69) is 26.5 Å². The smallest absolute Gasteiger partial charge is 0.277 e. The summed E-state index contributed by atoms with van der Waals surface area (Å²) >= 11 is 6.22. The minimum absolute atomic E-state index is 0.0479. The zero-order valence-corrected chi connectivity index (χ0v) is 21.0. The highest BCUT2D eigenvalue weighted by Gasteiger charge is 2.39. The first kappa shape index (κ1) is 26.3. The van der Waals surface area contributed by atoms with Crippen LogP contribution in [0.2, 0.25) is 5.02 Å². The molecule has 1 aliphatic rings. The van der Waals surface area contributed by atoms with Gasteiger partial charge in [0.05, 0.1) is 17.6 Å². The van der Waals surface area contributed by atoms with Crippen molar-refractivity contribution in [1.29, 1.82) is 0 Å². The summed E-state index contributed by atoms with van der Waals surface area (Å²) < 4.78 is 33.7. The molecule has 1 N–H and O–H groups in total. The van der Waals surface area contributed by atoms with Gasteiger partial charge in [-0.2, -0.15) is 0 Å². The third-order valence-electron chi connectivity index (χ3n) is 5.90. The number of allylic oxidation sites excluding steroid dienone is 1. The van der Waals surface area contributed by atoms with Gasteiger partial charge in [0, 0.05) is 36.4 Å². The highest BCUT2D eigenvalue weighted by molar-refractivity contribution is 6.31. The molecule has 0 radical (unpaired) electrons. The molecule has 3 heterocycles. The van der Waals surface area contributed by atoms with Gasteiger partial charge in [-0.15, -0.1) is 0 Å². The number of hydrogen-bond donors (Lipinski definition) is 1. The van der Waals surface area contributed by atoms with Crippen molar-refractivity contribution in [3.8, 4) is 5.75 Å². The Bertz CT molecular complexity index is 1480. The highest BCUT2D eigenvalue weighted by Crippen LogP contribution is 2.39. The summed E-state index contributed by atoms with van der Waals surface area (Å²) in [6.45, 7) is 7.02. The Morgan fingerprint density at radius 3 is 2.78 bits per heavy atom.